The van der Waals surface area contributed by atoms with Crippen LogP contribution in [0, 0.1) is 5.92 Å². The van der Waals surface area contributed by atoms with Gasteiger partial charge in [0.2, 0.25) is 0 Å². The first-order valence-corrected chi connectivity index (χ1v) is 7.22. The number of nitrogens with two attached hydrogens (primary N) is 1. The molecular weight excluding hydrogens is 234 g/mol. The fourth-order valence-electron chi connectivity index (χ4n) is 2.46. The van der Waals surface area contributed by atoms with Gasteiger partial charge in [-0.3, -0.25) is 0 Å². The minimum absolute atomic E-state index is 0.744. The second-order valence-electron chi connectivity index (χ2n) is 5.42. The molecule has 0 aromatic heterocycles. The number of aryl methyl sites for hydroxylation is 1. The summed E-state index contributed by atoms with van der Waals surface area (Å²) < 4.78 is 5.98. The van der Waals surface area contributed by atoms with Gasteiger partial charge in [0, 0.05) is 5.39 Å². The smallest absolute Gasteiger partial charge is 0.127 e. The number of rotatable bonds is 6. The van der Waals surface area contributed by atoms with Crippen molar-refractivity contribution >= 4 is 10.8 Å². The van der Waals surface area contributed by atoms with Crippen LogP contribution in [0.25, 0.3) is 10.8 Å². The summed E-state index contributed by atoms with van der Waals surface area (Å²) in [6.45, 7) is 1.61. The normalized spacial score (nSPS) is 14.8. The van der Waals surface area contributed by atoms with Crippen molar-refractivity contribution in [1.82, 2.24) is 0 Å². The molecule has 0 spiro atoms. The fourth-order valence-corrected chi connectivity index (χ4v) is 2.46. The maximum absolute atomic E-state index is 5.98. The summed E-state index contributed by atoms with van der Waals surface area (Å²) in [6.07, 6.45) is 4.73. The van der Waals surface area contributed by atoms with Crippen molar-refractivity contribution in [3.8, 4) is 5.75 Å². The van der Waals surface area contributed by atoms with Gasteiger partial charge in [0.1, 0.15) is 5.75 Å². The highest BCUT2D eigenvalue weighted by Crippen LogP contribution is 2.33. The molecule has 1 aliphatic rings. The lowest BCUT2D eigenvalue weighted by Crippen LogP contribution is -2.02. The third-order valence-corrected chi connectivity index (χ3v) is 3.80. The predicted octanol–water partition coefficient (Wildman–Crippen LogP) is 3.52. The first-order valence-electron chi connectivity index (χ1n) is 7.22. The molecule has 0 atom stereocenters. The summed E-state index contributed by atoms with van der Waals surface area (Å²) in [7, 11) is 0. The van der Waals surface area contributed by atoms with Crippen molar-refractivity contribution in [3.63, 3.8) is 0 Å². The minimum Gasteiger partial charge on any atom is -0.493 e. The second-order valence-corrected chi connectivity index (χ2v) is 5.42. The molecular formula is C17H21NO. The van der Waals surface area contributed by atoms with Gasteiger partial charge in [0.15, 0.2) is 0 Å². The van der Waals surface area contributed by atoms with E-state index in [4.69, 9.17) is 10.5 Å². The van der Waals surface area contributed by atoms with Gasteiger partial charge in [0.05, 0.1) is 6.61 Å². The fraction of sp³-hybridized carbons (Fsp3) is 0.412. The van der Waals surface area contributed by atoms with E-state index in [2.05, 4.69) is 36.4 Å². The van der Waals surface area contributed by atoms with E-state index in [0.717, 1.165) is 37.7 Å². The van der Waals surface area contributed by atoms with Crippen molar-refractivity contribution in [2.75, 3.05) is 13.2 Å². The average Bonchev–Trinajstić information content (AvgIpc) is 3.27. The monoisotopic (exact) mass is 255 g/mol. The Morgan fingerprint density at radius 1 is 1.05 bits per heavy atom. The number of fused-ring (bicyclic) bond motifs is 1. The lowest BCUT2D eigenvalue weighted by Gasteiger charge is -2.12. The zero-order valence-corrected chi connectivity index (χ0v) is 11.3. The molecule has 0 heterocycles. The van der Waals surface area contributed by atoms with Gasteiger partial charge in [-0.05, 0) is 55.2 Å². The highest BCUT2D eigenvalue weighted by Gasteiger charge is 2.22. The Labute approximate surface area is 114 Å². The van der Waals surface area contributed by atoms with Crippen LogP contribution < -0.4 is 10.5 Å². The first kappa shape index (κ1) is 12.5. The number of hydrogen-bond donors (Lipinski definition) is 1. The predicted molar refractivity (Wildman–Crippen MR) is 79.5 cm³/mol. The molecule has 0 radical (unpaired) electrons. The summed E-state index contributed by atoms with van der Waals surface area (Å²) in [6, 6.07) is 12.8. The summed E-state index contributed by atoms with van der Waals surface area (Å²) >= 11 is 0. The van der Waals surface area contributed by atoms with E-state index in [-0.39, 0.29) is 0 Å². The molecule has 2 aromatic carbocycles. The molecule has 2 N–H and O–H groups in total. The van der Waals surface area contributed by atoms with Crippen LogP contribution in [0.4, 0.5) is 0 Å². The standard InChI is InChI=1S/C17H21NO/c18-11-3-4-14-9-10-17(19-12-13-7-8-13)16-6-2-1-5-15(14)16/h1-2,5-6,9-10,13H,3-4,7-8,11-12,18H2. The number of ether oxygens (including phenoxy) is 1. The molecule has 0 amide bonds. The summed E-state index contributed by atoms with van der Waals surface area (Å²) in [4.78, 5) is 0. The van der Waals surface area contributed by atoms with E-state index in [1.54, 1.807) is 0 Å². The molecule has 2 nitrogen and oxygen atoms in total. The van der Waals surface area contributed by atoms with Gasteiger partial charge < -0.3 is 10.5 Å². The molecule has 19 heavy (non-hydrogen) atoms. The van der Waals surface area contributed by atoms with Crippen LogP contribution in [0.5, 0.6) is 5.75 Å². The molecule has 3 rings (SSSR count). The molecule has 0 bridgehead atoms. The molecule has 2 aromatic rings. The van der Waals surface area contributed by atoms with Gasteiger partial charge in [0.25, 0.3) is 0 Å². The van der Waals surface area contributed by atoms with Crippen molar-refractivity contribution in [2.24, 2.45) is 11.7 Å². The van der Waals surface area contributed by atoms with Crippen LogP contribution in [-0.2, 0) is 6.42 Å². The molecule has 0 aliphatic heterocycles. The highest BCUT2D eigenvalue weighted by molar-refractivity contribution is 5.91. The van der Waals surface area contributed by atoms with Crippen LogP contribution in [0.1, 0.15) is 24.8 Å². The van der Waals surface area contributed by atoms with Crippen LogP contribution in [0.3, 0.4) is 0 Å². The maximum atomic E-state index is 5.98. The van der Waals surface area contributed by atoms with Crippen molar-refractivity contribution in [3.05, 3.63) is 42.0 Å². The number of benzene rings is 2. The largest absolute Gasteiger partial charge is 0.493 e. The average molecular weight is 255 g/mol. The zero-order chi connectivity index (χ0) is 13.1. The zero-order valence-electron chi connectivity index (χ0n) is 11.3. The lowest BCUT2D eigenvalue weighted by atomic mass is 10.00. The third kappa shape index (κ3) is 2.90. The van der Waals surface area contributed by atoms with Gasteiger partial charge in [-0.2, -0.15) is 0 Å². The highest BCUT2D eigenvalue weighted by atomic mass is 16.5. The van der Waals surface area contributed by atoms with E-state index in [9.17, 15) is 0 Å². The Morgan fingerprint density at radius 2 is 1.84 bits per heavy atom. The van der Waals surface area contributed by atoms with Crippen LogP contribution in [-0.4, -0.2) is 13.2 Å². The third-order valence-electron chi connectivity index (χ3n) is 3.80. The van der Waals surface area contributed by atoms with Gasteiger partial charge in [-0.15, -0.1) is 0 Å². The van der Waals surface area contributed by atoms with Crippen molar-refractivity contribution in [2.45, 2.75) is 25.7 Å². The van der Waals surface area contributed by atoms with Gasteiger partial charge in [-0.1, -0.05) is 30.3 Å². The maximum Gasteiger partial charge on any atom is 0.127 e. The van der Waals surface area contributed by atoms with E-state index in [1.807, 2.05) is 0 Å². The minimum atomic E-state index is 0.744. The molecule has 2 heteroatoms. The summed E-state index contributed by atoms with van der Waals surface area (Å²) in [5.41, 5.74) is 6.99. The summed E-state index contributed by atoms with van der Waals surface area (Å²) in [5.74, 6) is 1.81. The van der Waals surface area contributed by atoms with Crippen LogP contribution in [0.15, 0.2) is 36.4 Å². The topological polar surface area (TPSA) is 35.2 Å². The van der Waals surface area contributed by atoms with Gasteiger partial charge in [-0.25, -0.2) is 0 Å². The molecule has 1 fully saturated rings. The Morgan fingerprint density at radius 3 is 2.58 bits per heavy atom. The Bertz CT molecular complexity index is 560. The van der Waals surface area contributed by atoms with E-state index >= 15 is 0 Å². The van der Waals surface area contributed by atoms with E-state index < -0.39 is 0 Å². The Balaban J connectivity index is 1.90. The quantitative estimate of drug-likeness (QED) is 0.857. The molecule has 1 aliphatic carbocycles. The van der Waals surface area contributed by atoms with Crippen molar-refractivity contribution in [1.29, 1.82) is 0 Å². The summed E-state index contributed by atoms with van der Waals surface area (Å²) in [5, 5.41) is 2.54. The van der Waals surface area contributed by atoms with Crippen molar-refractivity contribution < 1.29 is 4.74 Å². The molecule has 0 saturated heterocycles. The van der Waals surface area contributed by atoms with E-state index in [1.165, 1.54) is 29.2 Å². The SMILES string of the molecule is NCCCc1ccc(OCC2CC2)c2ccccc12. The second kappa shape index (κ2) is 5.62. The van der Waals surface area contributed by atoms with Crippen LogP contribution >= 0.6 is 0 Å². The molecule has 1 saturated carbocycles. The Kier molecular flexibility index (Phi) is 3.69. The first-order chi connectivity index (χ1) is 9.38. The number of hydrogen-bond acceptors (Lipinski definition) is 2. The Hall–Kier alpha value is -1.54. The molecule has 0 unspecified atom stereocenters. The van der Waals surface area contributed by atoms with E-state index in [0.29, 0.717) is 0 Å². The molecule has 100 valence electrons. The lowest BCUT2D eigenvalue weighted by molar-refractivity contribution is 0.303. The van der Waals surface area contributed by atoms with Gasteiger partial charge >= 0.3 is 0 Å². The van der Waals surface area contributed by atoms with Crippen LogP contribution in [0.2, 0.25) is 0 Å².